The number of fused-ring (bicyclic) bond motifs is 1. The zero-order valence-corrected chi connectivity index (χ0v) is 18.5. The van der Waals surface area contributed by atoms with Gasteiger partial charge in [-0.15, -0.1) is 0 Å². The highest BCUT2D eigenvalue weighted by Crippen LogP contribution is 2.35. The fourth-order valence-electron chi connectivity index (χ4n) is 4.52. The van der Waals surface area contributed by atoms with Gasteiger partial charge in [0, 0.05) is 37.7 Å². The number of anilines is 1. The summed E-state index contributed by atoms with van der Waals surface area (Å²) in [4.78, 5) is 38.8. The maximum absolute atomic E-state index is 13.0. The molecule has 1 aromatic carbocycles. The van der Waals surface area contributed by atoms with E-state index in [9.17, 15) is 22.8 Å². The maximum Gasteiger partial charge on any atom is 0.416 e. The highest BCUT2D eigenvalue weighted by molar-refractivity contribution is 5.85. The molecule has 0 unspecified atom stereocenters. The lowest BCUT2D eigenvalue weighted by Crippen LogP contribution is -2.47. The number of hydrogen-bond acceptors (Lipinski definition) is 7. The topological polar surface area (TPSA) is 112 Å². The molecule has 35 heavy (non-hydrogen) atoms. The molecule has 2 fully saturated rings. The zero-order chi connectivity index (χ0) is 24.8. The number of carbonyl (C=O) groups is 2. The first kappa shape index (κ1) is 23.1. The van der Waals surface area contributed by atoms with Gasteiger partial charge in [0.15, 0.2) is 5.78 Å². The molecule has 2 aliphatic heterocycles. The van der Waals surface area contributed by atoms with E-state index in [1.807, 2.05) is 6.07 Å². The molecule has 4 heterocycles. The minimum Gasteiger partial charge on any atom is -0.441 e. The van der Waals surface area contributed by atoms with Crippen molar-refractivity contribution in [1.29, 1.82) is 0 Å². The molecule has 1 amide bonds. The molecule has 5 rings (SSSR count). The number of alkyl halides is 3. The standard InChI is InChI=1S/C23H22F3N5O4/c24-23(25,26)15-2-3-17-18(9-15)29-20(28-17)14-1-4-19(27-10-14)30-7-5-22(6-8-30)13-31(21(34)35-22)11-16(33)12-32/h1-4,9-10,32H,5-8,11-13H2,(H,28,29). The number of pyridine rings is 1. The van der Waals surface area contributed by atoms with Gasteiger partial charge in [0.25, 0.3) is 0 Å². The van der Waals surface area contributed by atoms with Gasteiger partial charge in [-0.3, -0.25) is 9.69 Å². The number of nitrogens with zero attached hydrogens (tertiary/aromatic N) is 4. The van der Waals surface area contributed by atoms with Gasteiger partial charge in [0.05, 0.1) is 29.7 Å². The molecule has 2 N–H and O–H groups in total. The first-order valence-corrected chi connectivity index (χ1v) is 11.0. The summed E-state index contributed by atoms with van der Waals surface area (Å²) in [6.45, 7) is 0.705. The van der Waals surface area contributed by atoms with E-state index in [1.165, 1.54) is 11.0 Å². The van der Waals surface area contributed by atoms with Gasteiger partial charge < -0.3 is 19.7 Å². The minimum absolute atomic E-state index is 0.164. The van der Waals surface area contributed by atoms with E-state index < -0.39 is 35.8 Å². The Morgan fingerprint density at radius 2 is 1.97 bits per heavy atom. The molecule has 2 aromatic heterocycles. The van der Waals surface area contributed by atoms with Crippen LogP contribution in [0.4, 0.5) is 23.8 Å². The Hall–Kier alpha value is -3.67. The molecule has 184 valence electrons. The smallest absolute Gasteiger partial charge is 0.416 e. The first-order valence-electron chi connectivity index (χ1n) is 11.0. The van der Waals surface area contributed by atoms with Crippen molar-refractivity contribution in [3.05, 3.63) is 42.1 Å². The predicted molar refractivity (Wildman–Crippen MR) is 119 cm³/mol. The largest absolute Gasteiger partial charge is 0.441 e. The van der Waals surface area contributed by atoms with Crippen molar-refractivity contribution in [2.24, 2.45) is 0 Å². The van der Waals surface area contributed by atoms with E-state index in [0.29, 0.717) is 54.9 Å². The summed E-state index contributed by atoms with van der Waals surface area (Å²) in [5.41, 5.74) is -0.0406. The van der Waals surface area contributed by atoms with Gasteiger partial charge in [-0.05, 0) is 30.3 Å². The fourth-order valence-corrected chi connectivity index (χ4v) is 4.52. The fraction of sp³-hybridized carbons (Fsp3) is 0.391. The highest BCUT2D eigenvalue weighted by atomic mass is 19.4. The monoisotopic (exact) mass is 489 g/mol. The van der Waals surface area contributed by atoms with Crippen molar-refractivity contribution in [3.8, 4) is 11.4 Å². The van der Waals surface area contributed by atoms with Crippen molar-refractivity contribution < 1.29 is 32.6 Å². The Kier molecular flexibility index (Phi) is 5.62. The number of piperidine rings is 1. The van der Waals surface area contributed by atoms with Crippen molar-refractivity contribution in [1.82, 2.24) is 19.9 Å². The van der Waals surface area contributed by atoms with Crippen LogP contribution in [-0.4, -0.2) is 75.2 Å². The summed E-state index contributed by atoms with van der Waals surface area (Å²) in [6, 6.07) is 6.98. The van der Waals surface area contributed by atoms with Gasteiger partial charge in [0.2, 0.25) is 0 Å². The molecular weight excluding hydrogens is 467 g/mol. The number of imidazole rings is 1. The van der Waals surface area contributed by atoms with Gasteiger partial charge in [-0.1, -0.05) is 0 Å². The van der Waals surface area contributed by atoms with Crippen LogP contribution < -0.4 is 4.90 Å². The van der Waals surface area contributed by atoms with E-state index in [-0.39, 0.29) is 6.54 Å². The number of aliphatic hydroxyl groups excluding tert-OH is 1. The molecule has 0 saturated carbocycles. The van der Waals surface area contributed by atoms with E-state index in [0.717, 1.165) is 18.0 Å². The number of H-pyrrole nitrogens is 1. The quantitative estimate of drug-likeness (QED) is 0.567. The normalized spacial score (nSPS) is 17.9. The average molecular weight is 489 g/mol. The molecule has 1 spiro atoms. The average Bonchev–Trinajstić information content (AvgIpc) is 3.39. The Bertz CT molecular complexity index is 1270. The summed E-state index contributed by atoms with van der Waals surface area (Å²) in [5.74, 6) is 0.702. The predicted octanol–water partition coefficient (Wildman–Crippen LogP) is 3.00. The summed E-state index contributed by atoms with van der Waals surface area (Å²) in [7, 11) is 0. The Balaban J connectivity index is 1.25. The van der Waals surface area contributed by atoms with Crippen molar-refractivity contribution in [3.63, 3.8) is 0 Å². The number of aliphatic hydroxyl groups is 1. The minimum atomic E-state index is -4.43. The number of rotatable bonds is 5. The SMILES string of the molecule is O=C(CO)CN1CC2(CCN(c3ccc(-c4nc5ccc(C(F)(F)F)cc5[nH]4)cn3)CC2)OC1=O. The van der Waals surface area contributed by atoms with Gasteiger partial charge >= 0.3 is 12.3 Å². The number of halogens is 3. The number of Topliss-reactive ketones (excluding diaryl/α,β-unsaturated/α-hetero) is 1. The molecule has 0 bridgehead atoms. The van der Waals surface area contributed by atoms with Crippen LogP contribution in [-0.2, 0) is 15.7 Å². The number of hydrogen-bond donors (Lipinski definition) is 2. The molecular formula is C23H22F3N5O4. The number of nitrogens with one attached hydrogen (secondary N) is 1. The molecule has 0 atom stereocenters. The Morgan fingerprint density at radius 3 is 2.63 bits per heavy atom. The third kappa shape index (κ3) is 4.53. The molecule has 12 heteroatoms. The Morgan fingerprint density at radius 1 is 1.20 bits per heavy atom. The number of ketones is 1. The van der Waals surface area contributed by atoms with Crippen molar-refractivity contribution in [2.75, 3.05) is 37.7 Å². The van der Waals surface area contributed by atoms with Crippen LogP contribution in [0.25, 0.3) is 22.4 Å². The van der Waals surface area contributed by atoms with Crippen LogP contribution in [0.5, 0.6) is 0 Å². The molecule has 9 nitrogen and oxygen atoms in total. The lowest BCUT2D eigenvalue weighted by molar-refractivity contribution is -0.137. The third-order valence-electron chi connectivity index (χ3n) is 6.41. The van der Waals surface area contributed by atoms with E-state index >= 15 is 0 Å². The number of benzene rings is 1. The highest BCUT2D eigenvalue weighted by Gasteiger charge is 2.47. The zero-order valence-electron chi connectivity index (χ0n) is 18.5. The molecule has 0 aliphatic carbocycles. The van der Waals surface area contributed by atoms with Crippen LogP contribution in [0.3, 0.4) is 0 Å². The van der Waals surface area contributed by atoms with Crippen molar-refractivity contribution in [2.45, 2.75) is 24.6 Å². The molecule has 3 aromatic rings. The van der Waals surface area contributed by atoms with Crippen LogP contribution in [0, 0.1) is 0 Å². The number of amides is 1. The number of aromatic amines is 1. The molecule has 0 radical (unpaired) electrons. The second-order valence-corrected chi connectivity index (χ2v) is 8.81. The van der Waals surface area contributed by atoms with Gasteiger partial charge in [0.1, 0.15) is 23.9 Å². The van der Waals surface area contributed by atoms with Gasteiger partial charge in [-0.2, -0.15) is 13.2 Å². The van der Waals surface area contributed by atoms with Crippen molar-refractivity contribution >= 4 is 28.7 Å². The van der Waals surface area contributed by atoms with E-state index in [1.54, 1.807) is 12.3 Å². The second-order valence-electron chi connectivity index (χ2n) is 8.81. The van der Waals surface area contributed by atoms with E-state index in [2.05, 4.69) is 19.9 Å². The summed E-state index contributed by atoms with van der Waals surface area (Å²) < 4.78 is 44.5. The lowest BCUT2D eigenvalue weighted by atomic mass is 9.91. The Labute approximate surface area is 197 Å². The van der Waals surface area contributed by atoms with Crippen LogP contribution in [0.2, 0.25) is 0 Å². The van der Waals surface area contributed by atoms with E-state index in [4.69, 9.17) is 9.84 Å². The molecule has 2 aliphatic rings. The summed E-state index contributed by atoms with van der Waals surface area (Å²) >= 11 is 0. The van der Waals surface area contributed by atoms with Crippen LogP contribution in [0.1, 0.15) is 18.4 Å². The second kappa shape index (κ2) is 8.52. The lowest BCUT2D eigenvalue weighted by Gasteiger charge is -2.38. The maximum atomic E-state index is 13.0. The first-order chi connectivity index (χ1) is 16.7. The third-order valence-corrected chi connectivity index (χ3v) is 6.41. The summed E-state index contributed by atoms with van der Waals surface area (Å²) in [5, 5.41) is 8.92. The van der Waals surface area contributed by atoms with Gasteiger partial charge in [-0.25, -0.2) is 14.8 Å². The molecule has 2 saturated heterocycles. The van der Waals surface area contributed by atoms with Crippen LogP contribution >= 0.6 is 0 Å². The number of ether oxygens (including phenoxy) is 1. The summed E-state index contributed by atoms with van der Waals surface area (Å²) in [6.07, 6.45) is -2.23. The van der Waals surface area contributed by atoms with Crippen LogP contribution in [0.15, 0.2) is 36.5 Å². The number of aromatic nitrogens is 3. The number of carbonyl (C=O) groups excluding carboxylic acids is 2.